The molecule has 6 heteroatoms. The molecular weight excluding hydrogens is 419 g/mol. The zero-order chi connectivity index (χ0) is 22.3. The number of nitrogens with zero attached hydrogens (tertiary/aromatic N) is 1. The summed E-state index contributed by atoms with van der Waals surface area (Å²) in [4.78, 5) is 27.8. The van der Waals surface area contributed by atoms with Gasteiger partial charge < -0.3 is 10.2 Å². The predicted molar refractivity (Wildman–Crippen MR) is 124 cm³/mol. The van der Waals surface area contributed by atoms with Crippen LogP contribution in [0.2, 0.25) is 10.0 Å². The lowest BCUT2D eigenvalue weighted by molar-refractivity contribution is -0.140. The molecule has 30 heavy (non-hydrogen) atoms. The fourth-order valence-corrected chi connectivity index (χ4v) is 3.89. The van der Waals surface area contributed by atoms with Gasteiger partial charge >= 0.3 is 0 Å². The van der Waals surface area contributed by atoms with E-state index < -0.39 is 6.04 Å². The SMILES string of the molecule is CCCNC(=O)[C@H](CC)N(Cc1ccc(Cl)c(Cl)c1)C(=O)Cc1cc(C)cc(C)c1. The van der Waals surface area contributed by atoms with Crippen LogP contribution in [-0.2, 0) is 22.6 Å². The Balaban J connectivity index is 2.33. The molecule has 0 unspecified atom stereocenters. The molecule has 0 saturated heterocycles. The Morgan fingerprint density at radius 2 is 1.63 bits per heavy atom. The Labute approximate surface area is 189 Å². The first-order valence-electron chi connectivity index (χ1n) is 10.3. The second-order valence-corrected chi connectivity index (χ2v) is 8.47. The van der Waals surface area contributed by atoms with Gasteiger partial charge in [-0.15, -0.1) is 0 Å². The van der Waals surface area contributed by atoms with Gasteiger partial charge in [0.25, 0.3) is 0 Å². The summed E-state index contributed by atoms with van der Waals surface area (Å²) in [6.45, 7) is 8.82. The average molecular weight is 449 g/mol. The van der Waals surface area contributed by atoms with Gasteiger partial charge in [0, 0.05) is 13.1 Å². The minimum atomic E-state index is -0.551. The summed E-state index contributed by atoms with van der Waals surface area (Å²) in [7, 11) is 0. The number of amides is 2. The largest absolute Gasteiger partial charge is 0.354 e. The predicted octanol–water partition coefficient (Wildman–Crippen LogP) is 5.49. The lowest BCUT2D eigenvalue weighted by atomic mass is 10.0. The summed E-state index contributed by atoms with van der Waals surface area (Å²) in [6, 6.07) is 10.9. The molecule has 0 bridgehead atoms. The summed E-state index contributed by atoms with van der Waals surface area (Å²) >= 11 is 12.2. The van der Waals surface area contributed by atoms with E-state index in [1.807, 2.05) is 45.9 Å². The summed E-state index contributed by atoms with van der Waals surface area (Å²) < 4.78 is 0. The van der Waals surface area contributed by atoms with Crippen LogP contribution in [0.3, 0.4) is 0 Å². The average Bonchev–Trinajstić information content (AvgIpc) is 2.68. The van der Waals surface area contributed by atoms with E-state index >= 15 is 0 Å². The highest BCUT2D eigenvalue weighted by molar-refractivity contribution is 6.42. The van der Waals surface area contributed by atoms with Gasteiger partial charge in [0.15, 0.2) is 0 Å². The molecule has 0 fully saturated rings. The number of hydrogen-bond donors (Lipinski definition) is 1. The topological polar surface area (TPSA) is 49.4 Å². The van der Waals surface area contributed by atoms with Gasteiger partial charge in [-0.25, -0.2) is 0 Å². The van der Waals surface area contributed by atoms with E-state index in [1.54, 1.807) is 17.0 Å². The normalized spacial score (nSPS) is 11.8. The molecule has 2 amide bonds. The molecule has 0 aliphatic rings. The summed E-state index contributed by atoms with van der Waals surface area (Å²) in [5.74, 6) is -0.224. The van der Waals surface area contributed by atoms with Crippen molar-refractivity contribution in [3.63, 3.8) is 0 Å². The van der Waals surface area contributed by atoms with Gasteiger partial charge in [-0.05, 0) is 49.9 Å². The maximum absolute atomic E-state index is 13.4. The molecule has 1 N–H and O–H groups in total. The molecule has 162 valence electrons. The third-order valence-corrected chi connectivity index (χ3v) is 5.65. The van der Waals surface area contributed by atoms with Crippen LogP contribution in [0.25, 0.3) is 0 Å². The van der Waals surface area contributed by atoms with Crippen molar-refractivity contribution in [2.75, 3.05) is 6.54 Å². The van der Waals surface area contributed by atoms with E-state index in [9.17, 15) is 9.59 Å². The second kappa shape index (κ2) is 11.4. The molecule has 1 atom stereocenters. The van der Waals surface area contributed by atoms with Crippen molar-refractivity contribution in [3.05, 3.63) is 68.7 Å². The minimum Gasteiger partial charge on any atom is -0.354 e. The standard InChI is InChI=1S/C24H30Cl2N2O2/c1-5-9-27-24(30)22(6-2)28(15-18-7-8-20(25)21(26)13-18)23(29)14-19-11-16(3)10-17(4)12-19/h7-8,10-13,22H,5-6,9,14-15H2,1-4H3,(H,27,30)/t22-/m0/s1. The highest BCUT2D eigenvalue weighted by atomic mass is 35.5. The van der Waals surface area contributed by atoms with Gasteiger partial charge in [0.05, 0.1) is 16.5 Å². The summed E-state index contributed by atoms with van der Waals surface area (Å²) in [6.07, 6.45) is 1.60. The second-order valence-electron chi connectivity index (χ2n) is 7.66. The van der Waals surface area contributed by atoms with Crippen molar-refractivity contribution in [2.45, 2.75) is 59.5 Å². The van der Waals surface area contributed by atoms with E-state index in [1.165, 1.54) is 0 Å². The minimum absolute atomic E-state index is 0.0930. The first-order chi connectivity index (χ1) is 14.2. The van der Waals surface area contributed by atoms with Crippen LogP contribution < -0.4 is 5.32 Å². The van der Waals surface area contributed by atoms with Crippen molar-refractivity contribution in [1.29, 1.82) is 0 Å². The number of aryl methyl sites for hydroxylation is 2. The third-order valence-electron chi connectivity index (χ3n) is 4.91. The van der Waals surface area contributed by atoms with Gasteiger partial charge in [0.2, 0.25) is 11.8 Å². The quantitative estimate of drug-likeness (QED) is 0.551. The number of halogens is 2. The Morgan fingerprint density at radius 1 is 0.967 bits per heavy atom. The molecule has 4 nitrogen and oxygen atoms in total. The fraction of sp³-hybridized carbons (Fsp3) is 0.417. The molecule has 0 saturated carbocycles. The smallest absolute Gasteiger partial charge is 0.242 e. The van der Waals surface area contributed by atoms with Gasteiger partial charge in [-0.3, -0.25) is 9.59 Å². The van der Waals surface area contributed by atoms with Crippen LogP contribution in [-0.4, -0.2) is 29.3 Å². The van der Waals surface area contributed by atoms with Crippen molar-refractivity contribution < 1.29 is 9.59 Å². The molecule has 0 spiro atoms. The molecule has 0 radical (unpaired) electrons. The van der Waals surface area contributed by atoms with E-state index in [-0.39, 0.29) is 18.2 Å². The first-order valence-corrected chi connectivity index (χ1v) is 11.1. The zero-order valence-corrected chi connectivity index (χ0v) is 19.6. The molecule has 2 aromatic carbocycles. The van der Waals surface area contributed by atoms with E-state index in [2.05, 4.69) is 11.4 Å². The van der Waals surface area contributed by atoms with Crippen molar-refractivity contribution in [3.8, 4) is 0 Å². The van der Waals surface area contributed by atoms with Crippen molar-refractivity contribution in [1.82, 2.24) is 10.2 Å². The van der Waals surface area contributed by atoms with Crippen LogP contribution in [0, 0.1) is 13.8 Å². The highest BCUT2D eigenvalue weighted by Gasteiger charge is 2.28. The molecular formula is C24H30Cl2N2O2. The van der Waals surface area contributed by atoms with E-state index in [4.69, 9.17) is 23.2 Å². The molecule has 2 rings (SSSR count). The van der Waals surface area contributed by atoms with Crippen molar-refractivity contribution >= 4 is 35.0 Å². The fourth-order valence-electron chi connectivity index (χ4n) is 3.57. The van der Waals surface area contributed by atoms with Gasteiger partial charge in [0.1, 0.15) is 6.04 Å². The van der Waals surface area contributed by atoms with E-state index in [0.29, 0.717) is 29.6 Å². The van der Waals surface area contributed by atoms with Crippen LogP contribution in [0.15, 0.2) is 36.4 Å². The molecule has 2 aromatic rings. The van der Waals surface area contributed by atoms with Crippen LogP contribution in [0.5, 0.6) is 0 Å². The number of rotatable bonds is 9. The van der Waals surface area contributed by atoms with Crippen molar-refractivity contribution in [2.24, 2.45) is 0 Å². The lowest BCUT2D eigenvalue weighted by Gasteiger charge is -2.31. The van der Waals surface area contributed by atoms with E-state index in [0.717, 1.165) is 28.7 Å². The molecule has 0 heterocycles. The van der Waals surface area contributed by atoms with Crippen LogP contribution in [0.1, 0.15) is 48.9 Å². The zero-order valence-electron chi connectivity index (χ0n) is 18.1. The lowest BCUT2D eigenvalue weighted by Crippen LogP contribution is -2.49. The van der Waals surface area contributed by atoms with Crippen LogP contribution >= 0.6 is 23.2 Å². The Kier molecular flexibility index (Phi) is 9.19. The summed E-state index contributed by atoms with van der Waals surface area (Å²) in [5, 5.41) is 3.82. The third kappa shape index (κ3) is 6.75. The number of carbonyl (C=O) groups excluding carboxylic acids is 2. The maximum atomic E-state index is 13.4. The Bertz CT molecular complexity index is 879. The molecule has 0 aliphatic heterocycles. The first kappa shape index (κ1) is 24.2. The summed E-state index contributed by atoms with van der Waals surface area (Å²) in [5.41, 5.74) is 4.00. The Hall–Kier alpha value is -2.04. The number of benzene rings is 2. The molecule has 0 aliphatic carbocycles. The number of hydrogen-bond acceptors (Lipinski definition) is 2. The van der Waals surface area contributed by atoms with Gasteiger partial charge in [-0.1, -0.05) is 72.4 Å². The monoisotopic (exact) mass is 448 g/mol. The maximum Gasteiger partial charge on any atom is 0.242 e. The number of carbonyl (C=O) groups is 2. The molecule has 0 aromatic heterocycles. The number of nitrogens with one attached hydrogen (secondary N) is 1. The van der Waals surface area contributed by atoms with Crippen LogP contribution in [0.4, 0.5) is 0 Å². The highest BCUT2D eigenvalue weighted by Crippen LogP contribution is 2.24. The van der Waals surface area contributed by atoms with Gasteiger partial charge in [-0.2, -0.15) is 0 Å². The Morgan fingerprint density at radius 3 is 2.20 bits per heavy atom.